The van der Waals surface area contributed by atoms with E-state index in [-0.39, 0.29) is 5.91 Å². The lowest BCUT2D eigenvalue weighted by molar-refractivity contribution is -0.127. The number of amides is 1. The van der Waals surface area contributed by atoms with Gasteiger partial charge in [0.15, 0.2) is 0 Å². The Hall–Kier alpha value is 0.110. The molecule has 78 valence electrons. The highest BCUT2D eigenvalue weighted by molar-refractivity contribution is 7.99. The number of thioether (sulfide) groups is 1. The number of hydrogen-bond donors (Lipinski definition) is 0. The van der Waals surface area contributed by atoms with Crippen molar-refractivity contribution >= 4 is 29.3 Å². The van der Waals surface area contributed by atoms with Crippen LogP contribution in [0, 0.1) is 0 Å². The minimum atomic E-state index is 0.221. The predicted molar refractivity (Wildman–Crippen MR) is 60.6 cm³/mol. The Morgan fingerprint density at radius 3 is 2.62 bits per heavy atom. The highest BCUT2D eigenvalue weighted by Crippen LogP contribution is 2.01. The van der Waals surface area contributed by atoms with Crippen molar-refractivity contribution in [1.82, 2.24) is 4.90 Å². The second-order valence-corrected chi connectivity index (χ2v) is 4.24. The van der Waals surface area contributed by atoms with E-state index in [1.807, 2.05) is 13.3 Å². The van der Waals surface area contributed by atoms with E-state index in [2.05, 4.69) is 0 Å². The van der Waals surface area contributed by atoms with Crippen LogP contribution in [0.25, 0.3) is 0 Å². The Kier molecular flexibility index (Phi) is 8.77. The van der Waals surface area contributed by atoms with Gasteiger partial charge < -0.3 is 4.90 Å². The lowest BCUT2D eigenvalue weighted by Crippen LogP contribution is -2.29. The Bertz CT molecular complexity index is 144. The van der Waals surface area contributed by atoms with Gasteiger partial charge in [0, 0.05) is 19.5 Å². The molecule has 0 heterocycles. The van der Waals surface area contributed by atoms with E-state index in [1.54, 1.807) is 16.7 Å². The summed E-state index contributed by atoms with van der Waals surface area (Å²) in [6, 6.07) is 0. The molecular weight excluding hydrogens is 206 g/mol. The maximum absolute atomic E-state index is 11.3. The Balaban J connectivity index is 3.38. The molecule has 0 aliphatic heterocycles. The SMILES string of the molecule is CSCC(=O)N(C)CCCCCCl. The first kappa shape index (κ1) is 13.1. The van der Waals surface area contributed by atoms with Crippen LogP contribution in [-0.4, -0.2) is 42.3 Å². The standard InChI is InChI=1S/C9H18ClNOS/c1-11(9(12)8-13-2)7-5-3-4-6-10/h3-8H2,1-2H3. The molecule has 0 saturated heterocycles. The summed E-state index contributed by atoms with van der Waals surface area (Å²) in [4.78, 5) is 13.1. The molecule has 0 saturated carbocycles. The van der Waals surface area contributed by atoms with Crippen LogP contribution >= 0.6 is 23.4 Å². The fourth-order valence-electron chi connectivity index (χ4n) is 0.979. The van der Waals surface area contributed by atoms with E-state index < -0.39 is 0 Å². The molecule has 0 aromatic heterocycles. The summed E-state index contributed by atoms with van der Waals surface area (Å²) in [6.45, 7) is 0.857. The van der Waals surface area contributed by atoms with Gasteiger partial charge in [-0.05, 0) is 19.1 Å². The van der Waals surface area contributed by atoms with Gasteiger partial charge in [-0.3, -0.25) is 4.79 Å². The van der Waals surface area contributed by atoms with Gasteiger partial charge >= 0.3 is 0 Å². The van der Waals surface area contributed by atoms with E-state index in [4.69, 9.17) is 11.6 Å². The minimum absolute atomic E-state index is 0.221. The summed E-state index contributed by atoms with van der Waals surface area (Å²) >= 11 is 7.11. The molecule has 4 heteroatoms. The molecule has 1 amide bonds. The van der Waals surface area contributed by atoms with Crippen LogP contribution in [0.4, 0.5) is 0 Å². The maximum atomic E-state index is 11.3. The first-order valence-corrected chi connectivity index (χ1v) is 6.44. The summed E-state index contributed by atoms with van der Waals surface area (Å²) in [5.41, 5.74) is 0. The van der Waals surface area contributed by atoms with Gasteiger partial charge in [-0.2, -0.15) is 11.8 Å². The van der Waals surface area contributed by atoms with Crippen LogP contribution in [0.5, 0.6) is 0 Å². The van der Waals surface area contributed by atoms with E-state index >= 15 is 0 Å². The molecule has 0 N–H and O–H groups in total. The maximum Gasteiger partial charge on any atom is 0.232 e. The fraction of sp³-hybridized carbons (Fsp3) is 0.889. The van der Waals surface area contributed by atoms with Crippen molar-refractivity contribution in [3.63, 3.8) is 0 Å². The highest BCUT2D eigenvalue weighted by atomic mass is 35.5. The van der Waals surface area contributed by atoms with E-state index in [1.165, 1.54) is 0 Å². The zero-order valence-electron chi connectivity index (χ0n) is 8.38. The molecular formula is C9H18ClNOS. The quantitative estimate of drug-likeness (QED) is 0.487. The minimum Gasteiger partial charge on any atom is -0.345 e. The second-order valence-electron chi connectivity index (χ2n) is 3.00. The fourth-order valence-corrected chi connectivity index (χ4v) is 1.63. The van der Waals surface area contributed by atoms with Crippen molar-refractivity contribution in [2.75, 3.05) is 31.5 Å². The third kappa shape index (κ3) is 7.20. The predicted octanol–water partition coefficient (Wildman–Crippen LogP) is 2.22. The number of unbranched alkanes of at least 4 members (excludes halogenated alkanes) is 2. The van der Waals surface area contributed by atoms with Crippen LogP contribution in [-0.2, 0) is 4.79 Å². The topological polar surface area (TPSA) is 20.3 Å². The van der Waals surface area contributed by atoms with Gasteiger partial charge in [-0.15, -0.1) is 11.6 Å². The molecule has 0 radical (unpaired) electrons. The molecule has 0 spiro atoms. The van der Waals surface area contributed by atoms with E-state index in [0.29, 0.717) is 5.75 Å². The Labute approximate surface area is 90.0 Å². The average molecular weight is 224 g/mol. The van der Waals surface area contributed by atoms with Crippen molar-refractivity contribution < 1.29 is 4.79 Å². The highest BCUT2D eigenvalue weighted by Gasteiger charge is 2.05. The Morgan fingerprint density at radius 2 is 2.08 bits per heavy atom. The smallest absolute Gasteiger partial charge is 0.232 e. The van der Waals surface area contributed by atoms with Crippen LogP contribution < -0.4 is 0 Å². The molecule has 0 atom stereocenters. The van der Waals surface area contributed by atoms with Crippen molar-refractivity contribution in [2.45, 2.75) is 19.3 Å². The third-order valence-electron chi connectivity index (χ3n) is 1.82. The van der Waals surface area contributed by atoms with Crippen LogP contribution in [0.1, 0.15) is 19.3 Å². The number of alkyl halides is 1. The molecule has 0 rings (SSSR count). The zero-order valence-corrected chi connectivity index (χ0v) is 9.96. The summed E-state index contributed by atoms with van der Waals surface area (Å²) in [5.74, 6) is 1.53. The summed E-state index contributed by atoms with van der Waals surface area (Å²) in [6.07, 6.45) is 5.16. The normalized spacial score (nSPS) is 10.1. The van der Waals surface area contributed by atoms with Gasteiger partial charge in [-0.25, -0.2) is 0 Å². The third-order valence-corrected chi connectivity index (χ3v) is 2.62. The van der Waals surface area contributed by atoms with Crippen LogP contribution in [0.3, 0.4) is 0 Å². The van der Waals surface area contributed by atoms with Gasteiger partial charge in [-0.1, -0.05) is 6.42 Å². The average Bonchev–Trinajstić information content (AvgIpc) is 2.12. The van der Waals surface area contributed by atoms with Crippen LogP contribution in [0.15, 0.2) is 0 Å². The van der Waals surface area contributed by atoms with Crippen molar-refractivity contribution in [3.05, 3.63) is 0 Å². The molecule has 0 bridgehead atoms. The number of halogens is 1. The molecule has 0 aromatic carbocycles. The van der Waals surface area contributed by atoms with E-state index in [9.17, 15) is 4.79 Å². The molecule has 0 unspecified atom stereocenters. The monoisotopic (exact) mass is 223 g/mol. The molecule has 0 aliphatic rings. The molecule has 13 heavy (non-hydrogen) atoms. The van der Waals surface area contributed by atoms with Crippen LogP contribution in [0.2, 0.25) is 0 Å². The lowest BCUT2D eigenvalue weighted by atomic mass is 10.2. The first-order valence-electron chi connectivity index (χ1n) is 4.51. The number of hydrogen-bond acceptors (Lipinski definition) is 2. The molecule has 2 nitrogen and oxygen atoms in total. The number of carbonyl (C=O) groups is 1. The molecule has 0 aromatic rings. The van der Waals surface area contributed by atoms with Gasteiger partial charge in [0.2, 0.25) is 5.91 Å². The lowest BCUT2D eigenvalue weighted by Gasteiger charge is -2.15. The number of rotatable bonds is 7. The number of nitrogens with zero attached hydrogens (tertiary/aromatic N) is 1. The van der Waals surface area contributed by atoms with E-state index in [0.717, 1.165) is 31.7 Å². The van der Waals surface area contributed by atoms with Gasteiger partial charge in [0.25, 0.3) is 0 Å². The van der Waals surface area contributed by atoms with Crippen molar-refractivity contribution in [1.29, 1.82) is 0 Å². The van der Waals surface area contributed by atoms with Gasteiger partial charge in [0.05, 0.1) is 5.75 Å². The second kappa shape index (κ2) is 8.70. The molecule has 0 fully saturated rings. The summed E-state index contributed by atoms with van der Waals surface area (Å²) < 4.78 is 0. The Morgan fingerprint density at radius 1 is 1.38 bits per heavy atom. The van der Waals surface area contributed by atoms with Crippen molar-refractivity contribution in [2.24, 2.45) is 0 Å². The van der Waals surface area contributed by atoms with Gasteiger partial charge in [0.1, 0.15) is 0 Å². The summed E-state index contributed by atoms with van der Waals surface area (Å²) in [5, 5.41) is 0. The summed E-state index contributed by atoms with van der Waals surface area (Å²) in [7, 11) is 1.86. The van der Waals surface area contributed by atoms with Crippen molar-refractivity contribution in [3.8, 4) is 0 Å². The first-order chi connectivity index (χ1) is 6.22. The number of carbonyl (C=O) groups excluding carboxylic acids is 1. The molecule has 0 aliphatic carbocycles. The zero-order chi connectivity index (χ0) is 10.1. The largest absolute Gasteiger partial charge is 0.345 e.